The summed E-state index contributed by atoms with van der Waals surface area (Å²) in [6.45, 7) is -0.241. The standard InChI is InChI=1S/C19H11F4N9O/c20-13-9(1-3-11(14(13)21)17-28-29-18(33-17)15(22)23)7-32-30-16(27-31-32)8-2-4-12-10(5-8)6-25-19(24)26-12/h1-6,15H,7H2,(H2,24,25,26). The lowest BCUT2D eigenvalue weighted by molar-refractivity contribution is 0.116. The molecule has 3 aromatic heterocycles. The minimum atomic E-state index is -3.03. The van der Waals surface area contributed by atoms with Crippen LogP contribution in [0.5, 0.6) is 0 Å². The van der Waals surface area contributed by atoms with Crippen LogP contribution in [0.25, 0.3) is 33.7 Å². The van der Waals surface area contributed by atoms with Crippen molar-refractivity contribution in [2.75, 3.05) is 5.73 Å². The quantitative estimate of drug-likeness (QED) is 0.395. The summed E-state index contributed by atoms with van der Waals surface area (Å²) in [4.78, 5) is 9.12. The molecule has 5 aromatic rings. The first-order valence-electron chi connectivity index (χ1n) is 9.28. The summed E-state index contributed by atoms with van der Waals surface area (Å²) in [6.07, 6.45) is -1.47. The van der Waals surface area contributed by atoms with Crippen molar-refractivity contribution in [3.05, 3.63) is 59.6 Å². The van der Waals surface area contributed by atoms with Gasteiger partial charge in [0.25, 0.3) is 11.8 Å². The lowest BCUT2D eigenvalue weighted by atomic mass is 10.1. The number of benzene rings is 2. The first-order chi connectivity index (χ1) is 15.9. The van der Waals surface area contributed by atoms with E-state index in [9.17, 15) is 17.6 Å². The lowest BCUT2D eigenvalue weighted by Gasteiger charge is -2.05. The maximum atomic E-state index is 14.6. The molecule has 0 radical (unpaired) electrons. The number of fused-ring (bicyclic) bond motifs is 1. The van der Waals surface area contributed by atoms with Crippen LogP contribution < -0.4 is 5.73 Å². The third kappa shape index (κ3) is 3.81. The Hall–Kier alpha value is -4.49. The van der Waals surface area contributed by atoms with E-state index in [0.717, 1.165) is 10.9 Å². The van der Waals surface area contributed by atoms with Crippen LogP contribution in [0.4, 0.5) is 23.5 Å². The monoisotopic (exact) mass is 457 g/mol. The van der Waals surface area contributed by atoms with E-state index in [1.165, 1.54) is 6.07 Å². The van der Waals surface area contributed by atoms with Crippen molar-refractivity contribution in [2.24, 2.45) is 0 Å². The van der Waals surface area contributed by atoms with Gasteiger partial charge in [-0.1, -0.05) is 6.07 Å². The topological polar surface area (TPSA) is 134 Å². The molecule has 0 bridgehead atoms. The van der Waals surface area contributed by atoms with Gasteiger partial charge in [0.15, 0.2) is 11.6 Å². The summed E-state index contributed by atoms with van der Waals surface area (Å²) in [5.74, 6) is -3.71. The van der Waals surface area contributed by atoms with Crippen LogP contribution in [-0.4, -0.2) is 40.4 Å². The fourth-order valence-corrected chi connectivity index (χ4v) is 3.07. The largest absolute Gasteiger partial charge is 0.415 e. The summed E-state index contributed by atoms with van der Waals surface area (Å²) in [7, 11) is 0. The second kappa shape index (κ2) is 7.89. The van der Waals surface area contributed by atoms with Crippen LogP contribution in [0.1, 0.15) is 17.9 Å². The Morgan fingerprint density at radius 1 is 1.03 bits per heavy atom. The SMILES string of the molecule is Nc1ncc2cc(-c3nnn(Cc4ccc(-c5nnc(C(F)F)o5)c(F)c4F)n3)ccc2n1. The van der Waals surface area contributed by atoms with Gasteiger partial charge < -0.3 is 10.2 Å². The molecule has 0 amide bonds. The number of halogens is 4. The van der Waals surface area contributed by atoms with Gasteiger partial charge in [-0.15, -0.1) is 20.4 Å². The van der Waals surface area contributed by atoms with Crippen molar-refractivity contribution in [3.8, 4) is 22.8 Å². The number of tetrazole rings is 1. The normalized spacial score (nSPS) is 11.5. The minimum absolute atomic E-state index is 0.101. The molecule has 3 heterocycles. The van der Waals surface area contributed by atoms with Gasteiger partial charge in [0.2, 0.25) is 11.8 Å². The second-order valence-electron chi connectivity index (χ2n) is 6.79. The number of hydrogen-bond acceptors (Lipinski definition) is 9. The molecule has 14 heteroatoms. The molecule has 166 valence electrons. The number of aromatic nitrogens is 8. The maximum absolute atomic E-state index is 14.6. The van der Waals surface area contributed by atoms with Gasteiger partial charge in [0, 0.05) is 22.7 Å². The van der Waals surface area contributed by atoms with Gasteiger partial charge in [0.1, 0.15) is 0 Å². The van der Waals surface area contributed by atoms with Gasteiger partial charge in [0.05, 0.1) is 17.6 Å². The molecular weight excluding hydrogens is 446 g/mol. The Morgan fingerprint density at radius 3 is 2.67 bits per heavy atom. The number of rotatable bonds is 5. The van der Waals surface area contributed by atoms with E-state index < -0.39 is 35.4 Å². The Morgan fingerprint density at radius 2 is 1.88 bits per heavy atom. The molecule has 0 saturated carbocycles. The second-order valence-corrected chi connectivity index (χ2v) is 6.79. The van der Waals surface area contributed by atoms with Crippen LogP contribution >= 0.6 is 0 Å². The Balaban J connectivity index is 1.40. The van der Waals surface area contributed by atoms with E-state index in [2.05, 4.69) is 40.0 Å². The summed E-state index contributed by atoms with van der Waals surface area (Å²) in [5, 5.41) is 19.1. The molecular formula is C19H11F4N9O. The van der Waals surface area contributed by atoms with Gasteiger partial charge in [-0.2, -0.15) is 13.6 Å². The molecule has 0 atom stereocenters. The number of anilines is 1. The highest BCUT2D eigenvalue weighted by atomic mass is 19.3. The zero-order chi connectivity index (χ0) is 23.1. The van der Waals surface area contributed by atoms with E-state index in [1.54, 1.807) is 24.4 Å². The summed E-state index contributed by atoms with van der Waals surface area (Å²) in [5.41, 5.74) is 6.27. The number of nitrogens with two attached hydrogens (primary N) is 1. The van der Waals surface area contributed by atoms with Crippen LogP contribution in [-0.2, 0) is 6.54 Å². The van der Waals surface area contributed by atoms with E-state index in [0.29, 0.717) is 16.5 Å². The zero-order valence-electron chi connectivity index (χ0n) is 16.3. The predicted octanol–water partition coefficient (Wildman–Crippen LogP) is 3.18. The Kier molecular flexibility index (Phi) is 4.88. The third-order valence-corrected chi connectivity index (χ3v) is 4.64. The van der Waals surface area contributed by atoms with Crippen LogP contribution in [0.15, 0.2) is 40.9 Å². The van der Waals surface area contributed by atoms with Gasteiger partial charge in [-0.3, -0.25) is 0 Å². The van der Waals surface area contributed by atoms with Gasteiger partial charge in [-0.25, -0.2) is 18.7 Å². The van der Waals surface area contributed by atoms with Gasteiger partial charge >= 0.3 is 6.43 Å². The summed E-state index contributed by atoms with van der Waals surface area (Å²) < 4.78 is 59.0. The highest BCUT2D eigenvalue weighted by Gasteiger charge is 2.22. The minimum Gasteiger partial charge on any atom is -0.415 e. The lowest BCUT2D eigenvalue weighted by Crippen LogP contribution is -2.07. The summed E-state index contributed by atoms with van der Waals surface area (Å²) in [6, 6.07) is 7.55. The number of alkyl halides is 2. The molecule has 5 rings (SSSR count). The number of nitrogen functional groups attached to an aromatic ring is 1. The van der Waals surface area contributed by atoms with Crippen LogP contribution in [0.2, 0.25) is 0 Å². The molecule has 10 nitrogen and oxygen atoms in total. The molecule has 0 aliphatic carbocycles. The Labute approximate surface area is 181 Å². The van der Waals surface area contributed by atoms with Crippen molar-refractivity contribution in [1.82, 2.24) is 40.4 Å². The third-order valence-electron chi connectivity index (χ3n) is 4.64. The molecule has 0 aliphatic heterocycles. The number of hydrogen-bond donors (Lipinski definition) is 1. The molecule has 2 N–H and O–H groups in total. The molecule has 0 aliphatic rings. The van der Waals surface area contributed by atoms with E-state index in [1.807, 2.05) is 0 Å². The van der Waals surface area contributed by atoms with E-state index >= 15 is 0 Å². The van der Waals surface area contributed by atoms with Crippen LogP contribution in [0.3, 0.4) is 0 Å². The molecule has 0 unspecified atom stereocenters. The molecule has 2 aromatic carbocycles. The van der Waals surface area contributed by atoms with Crippen molar-refractivity contribution in [3.63, 3.8) is 0 Å². The van der Waals surface area contributed by atoms with Crippen molar-refractivity contribution >= 4 is 16.9 Å². The first-order valence-corrected chi connectivity index (χ1v) is 9.28. The maximum Gasteiger partial charge on any atom is 0.314 e. The first kappa shape index (κ1) is 20.4. The average molecular weight is 457 g/mol. The number of nitrogens with zero attached hydrogens (tertiary/aromatic N) is 8. The predicted molar refractivity (Wildman–Crippen MR) is 104 cm³/mol. The van der Waals surface area contributed by atoms with E-state index in [4.69, 9.17) is 5.73 Å². The van der Waals surface area contributed by atoms with Crippen molar-refractivity contribution in [2.45, 2.75) is 13.0 Å². The van der Waals surface area contributed by atoms with Gasteiger partial charge in [-0.05, 0) is 29.5 Å². The molecule has 0 saturated heterocycles. The molecule has 0 fully saturated rings. The van der Waals surface area contributed by atoms with Crippen molar-refractivity contribution < 1.29 is 22.0 Å². The Bertz CT molecular complexity index is 1480. The smallest absolute Gasteiger partial charge is 0.314 e. The van der Waals surface area contributed by atoms with E-state index in [-0.39, 0.29) is 23.9 Å². The molecule has 33 heavy (non-hydrogen) atoms. The highest BCUT2D eigenvalue weighted by Crippen LogP contribution is 2.28. The highest BCUT2D eigenvalue weighted by molar-refractivity contribution is 5.83. The average Bonchev–Trinajstić information content (AvgIpc) is 3.47. The fraction of sp³-hybridized carbons (Fsp3) is 0.105. The van der Waals surface area contributed by atoms with Crippen LogP contribution in [0, 0.1) is 11.6 Å². The van der Waals surface area contributed by atoms with Crippen molar-refractivity contribution in [1.29, 1.82) is 0 Å². The zero-order valence-corrected chi connectivity index (χ0v) is 16.3. The summed E-state index contributed by atoms with van der Waals surface area (Å²) >= 11 is 0. The molecule has 0 spiro atoms. The fourth-order valence-electron chi connectivity index (χ4n) is 3.07.